The van der Waals surface area contributed by atoms with Gasteiger partial charge in [-0.3, -0.25) is 9.59 Å². The van der Waals surface area contributed by atoms with Crippen molar-refractivity contribution in [1.29, 1.82) is 0 Å². The summed E-state index contributed by atoms with van der Waals surface area (Å²) in [5.41, 5.74) is 0.908. The quantitative estimate of drug-likeness (QED) is 0.690. The Morgan fingerprint density at radius 2 is 1.33 bits per heavy atom. The number of nitrogens with one attached hydrogen (secondary N) is 2. The van der Waals surface area contributed by atoms with Crippen LogP contribution in [0.2, 0.25) is 0 Å². The van der Waals surface area contributed by atoms with Crippen LogP contribution < -0.4 is 29.6 Å². The van der Waals surface area contributed by atoms with E-state index < -0.39 is 11.8 Å². The molecule has 2 aromatic rings. The maximum absolute atomic E-state index is 12.2. The Kier molecular flexibility index (Phi) is 6.87. The monoisotopic (exact) mass is 374 g/mol. The van der Waals surface area contributed by atoms with E-state index in [9.17, 15) is 9.59 Å². The van der Waals surface area contributed by atoms with Gasteiger partial charge in [0.25, 0.3) is 0 Å². The summed E-state index contributed by atoms with van der Waals surface area (Å²) in [6, 6.07) is 10.1. The summed E-state index contributed by atoms with van der Waals surface area (Å²) >= 11 is 0. The van der Waals surface area contributed by atoms with Gasteiger partial charge in [0, 0.05) is 17.8 Å². The minimum atomic E-state index is -0.489. The minimum absolute atomic E-state index is 0.366. The molecule has 2 N–H and O–H groups in total. The molecule has 8 heteroatoms. The molecule has 0 radical (unpaired) electrons. The zero-order valence-corrected chi connectivity index (χ0v) is 15.6. The number of hydrogen-bond acceptors (Lipinski definition) is 6. The summed E-state index contributed by atoms with van der Waals surface area (Å²) in [6.07, 6.45) is -0.366. The van der Waals surface area contributed by atoms with Crippen molar-refractivity contribution in [3.8, 4) is 23.0 Å². The SMILES string of the molecule is COc1ccccc1NC(=O)CC(=O)Nc1cc(OC)c(OC)c(OC)c1. The highest BCUT2D eigenvalue weighted by atomic mass is 16.5. The van der Waals surface area contributed by atoms with Crippen molar-refractivity contribution in [3.63, 3.8) is 0 Å². The molecule has 0 saturated carbocycles. The highest BCUT2D eigenvalue weighted by molar-refractivity contribution is 6.08. The van der Waals surface area contributed by atoms with Crippen LogP contribution in [0.1, 0.15) is 6.42 Å². The predicted octanol–water partition coefficient (Wildman–Crippen LogP) is 2.69. The van der Waals surface area contributed by atoms with Gasteiger partial charge in [0.15, 0.2) is 11.5 Å². The van der Waals surface area contributed by atoms with Crippen LogP contribution in [0.5, 0.6) is 23.0 Å². The molecule has 0 atom stereocenters. The molecule has 0 aliphatic rings. The molecule has 144 valence electrons. The van der Waals surface area contributed by atoms with Crippen LogP contribution in [0.15, 0.2) is 36.4 Å². The fraction of sp³-hybridized carbons (Fsp3) is 0.263. The van der Waals surface area contributed by atoms with Crippen molar-refractivity contribution in [1.82, 2.24) is 0 Å². The van der Waals surface area contributed by atoms with Crippen molar-refractivity contribution < 1.29 is 28.5 Å². The van der Waals surface area contributed by atoms with E-state index in [2.05, 4.69) is 10.6 Å². The third-order valence-corrected chi connectivity index (χ3v) is 3.65. The zero-order chi connectivity index (χ0) is 19.8. The van der Waals surface area contributed by atoms with Gasteiger partial charge in [0.05, 0.1) is 34.1 Å². The van der Waals surface area contributed by atoms with Gasteiger partial charge in [0.1, 0.15) is 12.2 Å². The van der Waals surface area contributed by atoms with E-state index in [1.54, 1.807) is 36.4 Å². The molecule has 0 spiro atoms. The number of methoxy groups -OCH3 is 4. The molecule has 0 aliphatic carbocycles. The second kappa shape index (κ2) is 9.33. The van der Waals surface area contributed by atoms with Gasteiger partial charge in [0.2, 0.25) is 17.6 Å². The third kappa shape index (κ3) is 5.04. The van der Waals surface area contributed by atoms with Gasteiger partial charge in [-0.2, -0.15) is 0 Å². The molecule has 0 fully saturated rings. The first-order chi connectivity index (χ1) is 13.0. The number of anilines is 2. The lowest BCUT2D eigenvalue weighted by Gasteiger charge is -2.14. The van der Waals surface area contributed by atoms with Crippen molar-refractivity contribution in [3.05, 3.63) is 36.4 Å². The van der Waals surface area contributed by atoms with Crippen LogP contribution in [0.3, 0.4) is 0 Å². The standard InChI is InChI=1S/C19H22N2O6/c1-24-14-8-6-5-7-13(14)21-18(23)11-17(22)20-12-9-15(25-2)19(27-4)16(10-12)26-3/h5-10H,11H2,1-4H3,(H,20,22)(H,21,23). The molecule has 2 rings (SSSR count). The van der Waals surface area contributed by atoms with E-state index in [1.807, 2.05) is 0 Å². The van der Waals surface area contributed by atoms with E-state index in [1.165, 1.54) is 28.4 Å². The van der Waals surface area contributed by atoms with Crippen LogP contribution in [0.4, 0.5) is 11.4 Å². The second-order valence-corrected chi connectivity index (χ2v) is 5.39. The number of amides is 2. The number of ether oxygens (including phenoxy) is 4. The molecule has 0 heterocycles. The van der Waals surface area contributed by atoms with Gasteiger partial charge in [-0.1, -0.05) is 12.1 Å². The van der Waals surface area contributed by atoms with Crippen molar-refractivity contribution in [2.24, 2.45) is 0 Å². The van der Waals surface area contributed by atoms with Gasteiger partial charge >= 0.3 is 0 Å². The normalized spacial score (nSPS) is 9.93. The fourth-order valence-corrected chi connectivity index (χ4v) is 2.45. The van der Waals surface area contributed by atoms with Crippen LogP contribution in [-0.4, -0.2) is 40.3 Å². The Morgan fingerprint density at radius 3 is 1.89 bits per heavy atom. The summed E-state index contributed by atoms with van der Waals surface area (Å²) in [4.78, 5) is 24.3. The average molecular weight is 374 g/mol. The Hall–Kier alpha value is -3.42. The Bertz CT molecular complexity index is 797. The molecule has 0 saturated heterocycles. The Labute approximate surface area is 157 Å². The zero-order valence-electron chi connectivity index (χ0n) is 15.6. The highest BCUT2D eigenvalue weighted by Crippen LogP contribution is 2.39. The van der Waals surface area contributed by atoms with E-state index >= 15 is 0 Å². The lowest BCUT2D eigenvalue weighted by atomic mass is 10.2. The van der Waals surface area contributed by atoms with Crippen LogP contribution in [-0.2, 0) is 9.59 Å². The maximum Gasteiger partial charge on any atom is 0.233 e. The first-order valence-corrected chi connectivity index (χ1v) is 8.05. The molecule has 2 amide bonds. The summed E-state index contributed by atoms with van der Waals surface area (Å²) in [7, 11) is 5.94. The smallest absolute Gasteiger partial charge is 0.233 e. The molecule has 0 unspecified atom stereocenters. The first kappa shape index (κ1) is 19.9. The lowest BCUT2D eigenvalue weighted by Crippen LogP contribution is -2.21. The van der Waals surface area contributed by atoms with Gasteiger partial charge in [-0.25, -0.2) is 0 Å². The number of carbonyl (C=O) groups is 2. The topological polar surface area (TPSA) is 95.1 Å². The number of hydrogen-bond donors (Lipinski definition) is 2. The molecule has 2 aromatic carbocycles. The summed E-state index contributed by atoms with van der Waals surface area (Å²) in [5, 5.41) is 5.29. The molecule has 0 aliphatic heterocycles. The molecule has 8 nitrogen and oxygen atoms in total. The number of rotatable bonds is 8. The lowest BCUT2D eigenvalue weighted by molar-refractivity contribution is -0.123. The van der Waals surface area contributed by atoms with Crippen molar-refractivity contribution in [2.45, 2.75) is 6.42 Å². The van der Waals surface area contributed by atoms with Gasteiger partial charge < -0.3 is 29.6 Å². The average Bonchev–Trinajstić information content (AvgIpc) is 2.67. The van der Waals surface area contributed by atoms with Crippen LogP contribution in [0.25, 0.3) is 0 Å². The summed E-state index contributed by atoms with van der Waals surface area (Å²) in [5.74, 6) is 0.750. The maximum atomic E-state index is 12.2. The molecular formula is C19H22N2O6. The third-order valence-electron chi connectivity index (χ3n) is 3.65. The largest absolute Gasteiger partial charge is 0.495 e. The van der Waals surface area contributed by atoms with Gasteiger partial charge in [-0.05, 0) is 12.1 Å². The van der Waals surface area contributed by atoms with Crippen molar-refractivity contribution >= 4 is 23.2 Å². The minimum Gasteiger partial charge on any atom is -0.495 e. The highest BCUT2D eigenvalue weighted by Gasteiger charge is 2.16. The Balaban J connectivity index is 2.06. The van der Waals surface area contributed by atoms with Crippen LogP contribution >= 0.6 is 0 Å². The molecule has 0 aromatic heterocycles. The van der Waals surface area contributed by atoms with Crippen LogP contribution in [0, 0.1) is 0 Å². The number of carbonyl (C=O) groups excluding carboxylic acids is 2. The molecular weight excluding hydrogens is 352 g/mol. The number of benzene rings is 2. The van der Waals surface area contributed by atoms with E-state index in [4.69, 9.17) is 18.9 Å². The van der Waals surface area contributed by atoms with E-state index in [0.29, 0.717) is 34.4 Å². The van der Waals surface area contributed by atoms with Gasteiger partial charge in [-0.15, -0.1) is 0 Å². The first-order valence-electron chi connectivity index (χ1n) is 8.05. The molecule has 0 bridgehead atoms. The van der Waals surface area contributed by atoms with E-state index in [-0.39, 0.29) is 6.42 Å². The Morgan fingerprint density at radius 1 is 0.778 bits per heavy atom. The van der Waals surface area contributed by atoms with Crippen molar-refractivity contribution in [2.75, 3.05) is 39.1 Å². The fourth-order valence-electron chi connectivity index (χ4n) is 2.45. The van der Waals surface area contributed by atoms with E-state index in [0.717, 1.165) is 0 Å². The summed E-state index contributed by atoms with van der Waals surface area (Å²) < 4.78 is 20.9. The summed E-state index contributed by atoms with van der Waals surface area (Å²) in [6.45, 7) is 0. The second-order valence-electron chi connectivity index (χ2n) is 5.39. The predicted molar refractivity (Wildman–Crippen MR) is 101 cm³/mol. The molecule has 27 heavy (non-hydrogen) atoms. The number of para-hydroxylation sites is 2.